The maximum Gasteiger partial charge on any atom is 0.273 e. The number of amides is 1. The van der Waals surface area contributed by atoms with Gasteiger partial charge in [0.2, 0.25) is 5.91 Å². The van der Waals surface area contributed by atoms with Crippen molar-refractivity contribution in [3.05, 3.63) is 32.5 Å². The lowest BCUT2D eigenvalue weighted by molar-refractivity contribution is -0.385. The van der Waals surface area contributed by atoms with Crippen molar-refractivity contribution in [3.8, 4) is 0 Å². The molecule has 108 valence electrons. The van der Waals surface area contributed by atoms with Gasteiger partial charge in [-0.1, -0.05) is 0 Å². The molecule has 8 heteroatoms. The van der Waals surface area contributed by atoms with Gasteiger partial charge in [0.05, 0.1) is 21.1 Å². The van der Waals surface area contributed by atoms with E-state index in [0.717, 1.165) is 6.07 Å². The Labute approximate surface area is 123 Å². The second-order valence-electron chi connectivity index (χ2n) is 4.70. The maximum atomic E-state index is 13.9. The molecule has 1 fully saturated rings. The first kappa shape index (κ1) is 14.7. The lowest BCUT2D eigenvalue weighted by Crippen LogP contribution is -2.43. The number of likely N-dealkylation sites (N-methyl/N-ethyl adjacent to an activating group) is 1. The Kier molecular flexibility index (Phi) is 4.22. The molecular formula is C12H13BrFN3O3. The van der Waals surface area contributed by atoms with Gasteiger partial charge in [0, 0.05) is 32.1 Å². The van der Waals surface area contributed by atoms with Crippen LogP contribution in [0.1, 0.15) is 12.8 Å². The molecule has 20 heavy (non-hydrogen) atoms. The number of nitro groups is 1. The van der Waals surface area contributed by atoms with Gasteiger partial charge in [-0.05, 0) is 22.4 Å². The predicted octanol–water partition coefficient (Wildman–Crippen LogP) is 2.53. The molecule has 0 radical (unpaired) electrons. The topological polar surface area (TPSA) is 75.5 Å². The number of carbonyl (C=O) groups is 1. The van der Waals surface area contributed by atoms with Gasteiger partial charge in [-0.15, -0.1) is 0 Å². The summed E-state index contributed by atoms with van der Waals surface area (Å²) >= 11 is 3.13. The highest BCUT2D eigenvalue weighted by molar-refractivity contribution is 9.10. The summed E-state index contributed by atoms with van der Waals surface area (Å²) in [5, 5.41) is 13.6. The summed E-state index contributed by atoms with van der Waals surface area (Å²) in [6.45, 7) is 0.474. The molecule has 1 heterocycles. The first-order valence-electron chi connectivity index (χ1n) is 6.02. The number of likely N-dealkylation sites (tertiary alicyclic amines) is 1. The molecule has 1 amide bonds. The van der Waals surface area contributed by atoms with Crippen LogP contribution in [-0.2, 0) is 4.79 Å². The van der Waals surface area contributed by atoms with E-state index < -0.39 is 10.7 Å². The van der Waals surface area contributed by atoms with Crippen molar-refractivity contribution in [2.75, 3.05) is 18.9 Å². The fourth-order valence-electron chi connectivity index (χ4n) is 2.14. The molecule has 1 aliphatic heterocycles. The monoisotopic (exact) mass is 345 g/mol. The van der Waals surface area contributed by atoms with Crippen LogP contribution >= 0.6 is 15.9 Å². The number of nitrogens with zero attached hydrogens (tertiary/aromatic N) is 2. The Balaban J connectivity index is 2.18. The number of halogens is 2. The third kappa shape index (κ3) is 3.06. The van der Waals surface area contributed by atoms with E-state index in [-0.39, 0.29) is 23.3 Å². The highest BCUT2D eigenvalue weighted by atomic mass is 79.9. The van der Waals surface area contributed by atoms with Crippen LogP contribution in [0.15, 0.2) is 16.6 Å². The molecule has 1 aromatic carbocycles. The molecule has 1 saturated heterocycles. The summed E-state index contributed by atoms with van der Waals surface area (Å²) in [6, 6.07) is 2.05. The minimum atomic E-state index is -0.689. The van der Waals surface area contributed by atoms with Gasteiger partial charge in [0.1, 0.15) is 0 Å². The molecule has 0 unspecified atom stereocenters. The van der Waals surface area contributed by atoms with Crippen molar-refractivity contribution in [3.63, 3.8) is 0 Å². The summed E-state index contributed by atoms with van der Waals surface area (Å²) in [7, 11) is 1.69. The Morgan fingerprint density at radius 2 is 2.25 bits per heavy atom. The van der Waals surface area contributed by atoms with Crippen LogP contribution in [0.25, 0.3) is 0 Å². The number of non-ortho nitro benzene ring substituents is 1. The molecule has 0 aliphatic carbocycles. The van der Waals surface area contributed by atoms with E-state index in [1.165, 1.54) is 6.07 Å². The van der Waals surface area contributed by atoms with Crippen molar-refractivity contribution in [1.29, 1.82) is 0 Å². The third-order valence-electron chi connectivity index (χ3n) is 3.21. The largest absolute Gasteiger partial charge is 0.377 e. The normalized spacial score (nSPS) is 19.1. The minimum Gasteiger partial charge on any atom is -0.377 e. The molecule has 6 nitrogen and oxygen atoms in total. The standard InChI is InChI=1S/C12H13BrFN3O3/c1-16-6-7(2-3-11(16)18)15-12-9(13)4-8(17(19)20)5-10(12)14/h4-5,7,15H,2-3,6H2,1H3/t7-/m1/s1. The van der Waals surface area contributed by atoms with Crippen molar-refractivity contribution < 1.29 is 14.1 Å². The van der Waals surface area contributed by atoms with Crippen LogP contribution in [0.5, 0.6) is 0 Å². The highest BCUT2D eigenvalue weighted by Gasteiger charge is 2.25. The number of anilines is 1. The fraction of sp³-hybridized carbons (Fsp3) is 0.417. The van der Waals surface area contributed by atoms with E-state index in [9.17, 15) is 19.3 Å². The van der Waals surface area contributed by atoms with Gasteiger partial charge < -0.3 is 10.2 Å². The van der Waals surface area contributed by atoms with E-state index in [0.29, 0.717) is 23.9 Å². The van der Waals surface area contributed by atoms with Gasteiger partial charge in [-0.25, -0.2) is 4.39 Å². The molecule has 0 spiro atoms. The number of nitrogens with one attached hydrogen (secondary N) is 1. The summed E-state index contributed by atoms with van der Waals surface area (Å²) in [5.41, 5.74) is -0.126. The van der Waals surface area contributed by atoms with E-state index >= 15 is 0 Å². The number of piperidine rings is 1. The van der Waals surface area contributed by atoms with E-state index in [4.69, 9.17) is 0 Å². The summed E-state index contributed by atoms with van der Waals surface area (Å²) in [4.78, 5) is 23.0. The molecular weight excluding hydrogens is 333 g/mol. The Morgan fingerprint density at radius 3 is 2.80 bits per heavy atom. The molecule has 1 aromatic rings. The Hall–Kier alpha value is -1.70. The van der Waals surface area contributed by atoms with Gasteiger partial charge in [0.25, 0.3) is 5.69 Å². The van der Waals surface area contributed by atoms with Crippen molar-refractivity contribution in [2.24, 2.45) is 0 Å². The molecule has 1 atom stereocenters. The number of benzene rings is 1. The lowest BCUT2D eigenvalue weighted by Gasteiger charge is -2.31. The molecule has 1 N–H and O–H groups in total. The predicted molar refractivity (Wildman–Crippen MR) is 75.0 cm³/mol. The molecule has 1 aliphatic rings. The second kappa shape index (κ2) is 5.74. The number of hydrogen-bond acceptors (Lipinski definition) is 4. The first-order chi connectivity index (χ1) is 9.38. The first-order valence-corrected chi connectivity index (χ1v) is 6.81. The average Bonchev–Trinajstić information content (AvgIpc) is 2.37. The van der Waals surface area contributed by atoms with Gasteiger partial charge in [0.15, 0.2) is 5.82 Å². The minimum absolute atomic E-state index is 0.0614. The van der Waals surface area contributed by atoms with E-state index in [2.05, 4.69) is 21.2 Å². The second-order valence-corrected chi connectivity index (χ2v) is 5.55. The fourth-order valence-corrected chi connectivity index (χ4v) is 2.68. The summed E-state index contributed by atoms with van der Waals surface area (Å²) in [6.07, 6.45) is 1.01. The number of nitro benzene ring substituents is 1. The average molecular weight is 346 g/mol. The SMILES string of the molecule is CN1C[C@H](Nc2c(F)cc([N+](=O)[O-])cc2Br)CCC1=O. The van der Waals surface area contributed by atoms with Crippen LogP contribution in [0, 0.1) is 15.9 Å². The van der Waals surface area contributed by atoms with Crippen LogP contribution in [0.4, 0.5) is 15.8 Å². The summed E-state index contributed by atoms with van der Waals surface area (Å²) in [5.74, 6) is -0.628. The quantitative estimate of drug-likeness (QED) is 0.674. The van der Waals surface area contributed by atoms with Gasteiger partial charge >= 0.3 is 0 Å². The number of rotatable bonds is 3. The highest BCUT2D eigenvalue weighted by Crippen LogP contribution is 2.31. The van der Waals surface area contributed by atoms with Gasteiger partial charge in [-0.2, -0.15) is 0 Å². The van der Waals surface area contributed by atoms with E-state index in [1.54, 1.807) is 11.9 Å². The van der Waals surface area contributed by atoms with Crippen LogP contribution in [0.3, 0.4) is 0 Å². The van der Waals surface area contributed by atoms with Crippen LogP contribution < -0.4 is 5.32 Å². The molecule has 0 bridgehead atoms. The Bertz CT molecular complexity index is 544. The zero-order chi connectivity index (χ0) is 14.9. The number of carbonyl (C=O) groups excluding carboxylic acids is 1. The third-order valence-corrected chi connectivity index (χ3v) is 3.84. The summed E-state index contributed by atoms with van der Waals surface area (Å²) < 4.78 is 14.2. The lowest BCUT2D eigenvalue weighted by atomic mass is 10.1. The van der Waals surface area contributed by atoms with Crippen molar-refractivity contribution >= 4 is 33.2 Å². The Morgan fingerprint density at radius 1 is 1.55 bits per heavy atom. The molecule has 2 rings (SSSR count). The van der Waals surface area contributed by atoms with E-state index in [1.807, 2.05) is 0 Å². The van der Waals surface area contributed by atoms with Crippen molar-refractivity contribution in [1.82, 2.24) is 4.90 Å². The molecule has 0 aromatic heterocycles. The zero-order valence-electron chi connectivity index (χ0n) is 10.7. The van der Waals surface area contributed by atoms with Crippen molar-refractivity contribution in [2.45, 2.75) is 18.9 Å². The smallest absolute Gasteiger partial charge is 0.273 e. The van der Waals surface area contributed by atoms with Crippen LogP contribution in [-0.4, -0.2) is 35.4 Å². The van der Waals surface area contributed by atoms with Gasteiger partial charge in [-0.3, -0.25) is 14.9 Å². The number of hydrogen-bond donors (Lipinski definition) is 1. The maximum absolute atomic E-state index is 13.9. The zero-order valence-corrected chi connectivity index (χ0v) is 12.3. The van der Waals surface area contributed by atoms with Crippen LogP contribution in [0.2, 0.25) is 0 Å². The molecule has 0 saturated carbocycles.